The number of rotatable bonds is 36. The largest absolute Gasteiger partial charge is 0.0654 e. The summed E-state index contributed by atoms with van der Waals surface area (Å²) in [5, 5.41) is 0. The van der Waals surface area contributed by atoms with Crippen LogP contribution in [0, 0.1) is 11.8 Å². The van der Waals surface area contributed by atoms with Gasteiger partial charge in [-0.1, -0.05) is 252 Å². The van der Waals surface area contributed by atoms with Crippen LogP contribution in [0.4, 0.5) is 0 Å². The quantitative estimate of drug-likeness (QED) is 0.0651. The first-order valence-electron chi connectivity index (χ1n) is 20.2. The summed E-state index contributed by atoms with van der Waals surface area (Å²) in [4.78, 5) is 0. The van der Waals surface area contributed by atoms with Crippen LogP contribution in [0.25, 0.3) is 0 Å². The molecule has 0 N–H and O–H groups in total. The molecule has 41 heavy (non-hydrogen) atoms. The SMILES string of the molecule is CCCCCCCCCCCCCCCCCCCCCCCCCCC(C)CCCCCC(C)CCCCCC. The highest BCUT2D eigenvalue weighted by Crippen LogP contribution is 2.21. The van der Waals surface area contributed by atoms with E-state index < -0.39 is 0 Å². The monoisotopic (exact) mass is 577 g/mol. The fourth-order valence-electron chi connectivity index (χ4n) is 6.83. The summed E-state index contributed by atoms with van der Waals surface area (Å²) in [5.41, 5.74) is 0. The smallest absolute Gasteiger partial charge is 0.0443 e. The molecular weight excluding hydrogens is 492 g/mol. The number of hydrogen-bond donors (Lipinski definition) is 0. The van der Waals surface area contributed by atoms with E-state index in [0.29, 0.717) is 0 Å². The van der Waals surface area contributed by atoms with Crippen LogP contribution in [0.5, 0.6) is 0 Å². The molecule has 0 heteroatoms. The maximum Gasteiger partial charge on any atom is -0.0443 e. The van der Waals surface area contributed by atoms with Gasteiger partial charge in [-0.25, -0.2) is 0 Å². The van der Waals surface area contributed by atoms with Gasteiger partial charge in [0, 0.05) is 0 Å². The molecule has 0 aromatic rings. The molecule has 0 nitrogen and oxygen atoms in total. The molecule has 0 aliphatic carbocycles. The van der Waals surface area contributed by atoms with Crippen molar-refractivity contribution in [3.8, 4) is 0 Å². The third-order valence-corrected chi connectivity index (χ3v) is 9.99. The van der Waals surface area contributed by atoms with Gasteiger partial charge >= 0.3 is 0 Å². The maximum atomic E-state index is 2.51. The zero-order chi connectivity index (χ0) is 29.9. The van der Waals surface area contributed by atoms with Crippen molar-refractivity contribution in [2.75, 3.05) is 0 Å². The molecule has 0 saturated heterocycles. The van der Waals surface area contributed by atoms with Gasteiger partial charge in [0.25, 0.3) is 0 Å². The van der Waals surface area contributed by atoms with Crippen molar-refractivity contribution in [3.63, 3.8) is 0 Å². The van der Waals surface area contributed by atoms with Gasteiger partial charge in [0.05, 0.1) is 0 Å². The Bertz CT molecular complexity index is 439. The highest BCUT2D eigenvalue weighted by Gasteiger charge is 2.05. The summed E-state index contributed by atoms with van der Waals surface area (Å²) in [6.07, 6.45) is 51.6. The normalized spacial score (nSPS) is 13.2. The molecular formula is C41H84. The van der Waals surface area contributed by atoms with E-state index in [4.69, 9.17) is 0 Å². The lowest BCUT2D eigenvalue weighted by Crippen LogP contribution is -1.97. The molecule has 2 atom stereocenters. The Morgan fingerprint density at radius 3 is 0.585 bits per heavy atom. The van der Waals surface area contributed by atoms with Crippen LogP contribution in [0.3, 0.4) is 0 Å². The predicted octanol–water partition coefficient (Wildman–Crippen LogP) is 16.0. The topological polar surface area (TPSA) is 0 Å². The minimum absolute atomic E-state index is 0.959. The first-order valence-corrected chi connectivity index (χ1v) is 20.2. The number of unbranched alkanes of at least 4 members (excludes halogenated alkanes) is 28. The van der Waals surface area contributed by atoms with Gasteiger partial charge in [0.2, 0.25) is 0 Å². The fourth-order valence-corrected chi connectivity index (χ4v) is 6.83. The molecule has 0 heterocycles. The van der Waals surface area contributed by atoms with Crippen LogP contribution in [0.2, 0.25) is 0 Å². The molecule has 0 bridgehead atoms. The molecule has 0 amide bonds. The van der Waals surface area contributed by atoms with Crippen molar-refractivity contribution in [2.45, 2.75) is 252 Å². The van der Waals surface area contributed by atoms with Gasteiger partial charge in [-0.2, -0.15) is 0 Å². The molecule has 0 saturated carbocycles. The van der Waals surface area contributed by atoms with Crippen molar-refractivity contribution in [1.82, 2.24) is 0 Å². The van der Waals surface area contributed by atoms with Gasteiger partial charge in [0.15, 0.2) is 0 Å². The van der Waals surface area contributed by atoms with Crippen LogP contribution in [0.1, 0.15) is 252 Å². The average Bonchev–Trinajstić information content (AvgIpc) is 2.97. The van der Waals surface area contributed by atoms with E-state index in [9.17, 15) is 0 Å². The molecule has 0 aliphatic rings. The van der Waals surface area contributed by atoms with E-state index >= 15 is 0 Å². The van der Waals surface area contributed by atoms with Crippen molar-refractivity contribution >= 4 is 0 Å². The number of hydrogen-bond acceptors (Lipinski definition) is 0. The zero-order valence-electron chi connectivity index (χ0n) is 29.9. The Hall–Kier alpha value is 0. The molecule has 0 rings (SSSR count). The highest BCUT2D eigenvalue weighted by atomic mass is 14.1. The average molecular weight is 577 g/mol. The molecule has 0 fully saturated rings. The maximum absolute atomic E-state index is 2.51. The van der Waals surface area contributed by atoms with E-state index in [-0.39, 0.29) is 0 Å². The van der Waals surface area contributed by atoms with Crippen LogP contribution < -0.4 is 0 Å². The second kappa shape index (κ2) is 36.2. The minimum Gasteiger partial charge on any atom is -0.0654 e. The molecule has 0 radical (unpaired) electrons. The van der Waals surface area contributed by atoms with E-state index in [0.717, 1.165) is 11.8 Å². The van der Waals surface area contributed by atoms with E-state index in [1.807, 2.05) is 0 Å². The Morgan fingerprint density at radius 2 is 0.366 bits per heavy atom. The van der Waals surface area contributed by atoms with E-state index in [2.05, 4.69) is 27.7 Å². The Kier molecular flexibility index (Phi) is 36.2. The second-order valence-corrected chi connectivity index (χ2v) is 14.6. The van der Waals surface area contributed by atoms with E-state index in [1.54, 1.807) is 0 Å². The standard InChI is InChI=1S/C41H84/c1-5-7-9-11-12-13-14-15-16-17-18-19-20-21-22-23-24-25-26-27-28-29-30-33-37-41(4)39-35-31-34-38-40(3)36-32-10-8-6-2/h40-41H,5-39H2,1-4H3. The highest BCUT2D eigenvalue weighted by molar-refractivity contribution is 4.59. The lowest BCUT2D eigenvalue weighted by Gasteiger charge is -2.13. The van der Waals surface area contributed by atoms with Crippen molar-refractivity contribution in [2.24, 2.45) is 11.8 Å². The van der Waals surface area contributed by atoms with Gasteiger partial charge < -0.3 is 0 Å². The van der Waals surface area contributed by atoms with Gasteiger partial charge in [-0.3, -0.25) is 0 Å². The minimum atomic E-state index is 0.959. The Labute approximate surface area is 263 Å². The molecule has 2 unspecified atom stereocenters. The van der Waals surface area contributed by atoms with Crippen LogP contribution in [0.15, 0.2) is 0 Å². The predicted molar refractivity (Wildman–Crippen MR) is 191 cm³/mol. The van der Waals surface area contributed by atoms with E-state index in [1.165, 1.54) is 225 Å². The summed E-state index contributed by atoms with van der Waals surface area (Å²) in [6, 6.07) is 0. The molecule has 0 spiro atoms. The summed E-state index contributed by atoms with van der Waals surface area (Å²) < 4.78 is 0. The van der Waals surface area contributed by atoms with Gasteiger partial charge in [-0.05, 0) is 11.8 Å². The second-order valence-electron chi connectivity index (χ2n) is 14.6. The summed E-state index contributed by atoms with van der Waals surface area (Å²) in [7, 11) is 0. The Balaban J connectivity index is 3.17. The molecule has 0 aromatic heterocycles. The first kappa shape index (κ1) is 41.0. The summed E-state index contributed by atoms with van der Waals surface area (Å²) >= 11 is 0. The van der Waals surface area contributed by atoms with Crippen molar-refractivity contribution in [3.05, 3.63) is 0 Å². The molecule has 0 aliphatic heterocycles. The van der Waals surface area contributed by atoms with Crippen LogP contribution >= 0.6 is 0 Å². The van der Waals surface area contributed by atoms with Crippen molar-refractivity contribution in [1.29, 1.82) is 0 Å². The molecule has 0 aromatic carbocycles. The fraction of sp³-hybridized carbons (Fsp3) is 1.00. The zero-order valence-corrected chi connectivity index (χ0v) is 29.9. The third kappa shape index (κ3) is 36.1. The lowest BCUT2D eigenvalue weighted by molar-refractivity contribution is 0.408. The Morgan fingerprint density at radius 1 is 0.220 bits per heavy atom. The summed E-state index contributed by atoms with van der Waals surface area (Å²) in [6.45, 7) is 9.62. The lowest BCUT2D eigenvalue weighted by atomic mass is 9.93. The summed E-state index contributed by atoms with van der Waals surface area (Å²) in [5.74, 6) is 1.92. The molecule has 248 valence electrons. The van der Waals surface area contributed by atoms with Gasteiger partial charge in [0.1, 0.15) is 0 Å². The van der Waals surface area contributed by atoms with Crippen molar-refractivity contribution < 1.29 is 0 Å². The van der Waals surface area contributed by atoms with Crippen LogP contribution in [-0.2, 0) is 0 Å². The third-order valence-electron chi connectivity index (χ3n) is 9.99. The van der Waals surface area contributed by atoms with Crippen LogP contribution in [-0.4, -0.2) is 0 Å². The first-order chi connectivity index (χ1) is 20.2. The van der Waals surface area contributed by atoms with Gasteiger partial charge in [-0.15, -0.1) is 0 Å².